The van der Waals surface area contributed by atoms with Crippen LogP contribution >= 0.6 is 23.4 Å². The van der Waals surface area contributed by atoms with Crippen molar-refractivity contribution in [1.82, 2.24) is 5.01 Å². The lowest BCUT2D eigenvalue weighted by Crippen LogP contribution is -2.36. The molecule has 0 saturated heterocycles. The number of hydrogen-bond donors (Lipinski definition) is 1. The maximum atomic E-state index is 13.1. The Morgan fingerprint density at radius 3 is 2.31 bits per heavy atom. The molecule has 4 nitrogen and oxygen atoms in total. The molecular formula is C23H22ClF6N3OS. The number of nitrogens with zero attached hydrogens (tertiary/aromatic N) is 2. The summed E-state index contributed by atoms with van der Waals surface area (Å²) in [5.74, 6) is 0.842. The molecule has 0 radical (unpaired) electrons. The Balaban J connectivity index is 1.88. The highest BCUT2D eigenvalue weighted by atomic mass is 35.5. The van der Waals surface area contributed by atoms with Gasteiger partial charge in [0, 0.05) is 11.1 Å². The van der Waals surface area contributed by atoms with Crippen molar-refractivity contribution in [3.8, 4) is 0 Å². The molecule has 1 N–H and O–H groups in total. The maximum Gasteiger partial charge on any atom is 0.417 e. The number of alkyl halides is 6. The fourth-order valence-electron chi connectivity index (χ4n) is 3.83. The van der Waals surface area contributed by atoms with Crippen molar-refractivity contribution >= 4 is 40.8 Å². The molecule has 35 heavy (non-hydrogen) atoms. The molecule has 0 bridgehead atoms. The van der Waals surface area contributed by atoms with Crippen LogP contribution in [-0.4, -0.2) is 35.3 Å². The van der Waals surface area contributed by atoms with Gasteiger partial charge in [-0.25, -0.2) is 9.80 Å². The number of halogens is 7. The number of amides is 2. The highest BCUT2D eigenvalue weighted by Gasteiger charge is 2.42. The van der Waals surface area contributed by atoms with Crippen molar-refractivity contribution in [1.29, 1.82) is 0 Å². The van der Waals surface area contributed by atoms with Gasteiger partial charge >= 0.3 is 18.4 Å². The van der Waals surface area contributed by atoms with Crippen molar-refractivity contribution in [2.75, 3.05) is 23.9 Å². The summed E-state index contributed by atoms with van der Waals surface area (Å²) >= 11 is 7.55. The fraction of sp³-hybridized carbons (Fsp3) is 0.391. The molecule has 1 atom stereocenters. The van der Waals surface area contributed by atoms with E-state index in [0.29, 0.717) is 17.7 Å². The molecule has 1 unspecified atom stereocenters. The molecule has 2 aromatic rings. The monoisotopic (exact) mass is 537 g/mol. The third kappa shape index (κ3) is 6.43. The molecule has 190 valence electrons. The number of urea groups is 1. The third-order valence-electron chi connectivity index (χ3n) is 5.61. The molecule has 1 aliphatic heterocycles. The molecular weight excluding hydrogens is 516 g/mol. The van der Waals surface area contributed by atoms with E-state index in [1.54, 1.807) is 11.8 Å². The predicted molar refractivity (Wildman–Crippen MR) is 126 cm³/mol. The van der Waals surface area contributed by atoms with Crippen LogP contribution in [0.3, 0.4) is 0 Å². The van der Waals surface area contributed by atoms with Crippen LogP contribution in [0.4, 0.5) is 36.8 Å². The number of nitrogens with one attached hydrogen (secondary N) is 1. The largest absolute Gasteiger partial charge is 0.417 e. The zero-order valence-corrected chi connectivity index (χ0v) is 20.3. The Labute approximate surface area is 207 Å². The van der Waals surface area contributed by atoms with Crippen molar-refractivity contribution in [3.63, 3.8) is 0 Å². The van der Waals surface area contributed by atoms with Gasteiger partial charge in [0.1, 0.15) is 0 Å². The van der Waals surface area contributed by atoms with Crippen LogP contribution in [0.15, 0.2) is 47.6 Å². The lowest BCUT2D eigenvalue weighted by atomic mass is 9.78. The van der Waals surface area contributed by atoms with Crippen LogP contribution < -0.4 is 5.32 Å². The molecule has 2 amide bonds. The van der Waals surface area contributed by atoms with Crippen molar-refractivity contribution in [2.24, 2.45) is 10.5 Å². The normalized spacial score (nSPS) is 18.5. The van der Waals surface area contributed by atoms with Gasteiger partial charge in [0.05, 0.1) is 28.4 Å². The van der Waals surface area contributed by atoms with Gasteiger partial charge in [-0.05, 0) is 66.8 Å². The smallest absolute Gasteiger partial charge is 0.306 e. The van der Waals surface area contributed by atoms with Crippen molar-refractivity contribution < 1.29 is 31.1 Å². The fourth-order valence-corrected chi connectivity index (χ4v) is 4.55. The molecule has 0 aliphatic carbocycles. The third-order valence-corrected chi connectivity index (χ3v) is 6.62. The summed E-state index contributed by atoms with van der Waals surface area (Å²) in [6.07, 6.45) is -5.78. The van der Waals surface area contributed by atoms with Gasteiger partial charge in [0.25, 0.3) is 0 Å². The first-order valence-corrected chi connectivity index (χ1v) is 12.2. The van der Waals surface area contributed by atoms with Gasteiger partial charge in [-0.15, -0.1) is 0 Å². The number of rotatable bonds is 6. The van der Waals surface area contributed by atoms with Crippen LogP contribution in [0.1, 0.15) is 36.5 Å². The summed E-state index contributed by atoms with van der Waals surface area (Å²) < 4.78 is 77.8. The molecule has 0 saturated carbocycles. The van der Waals surface area contributed by atoms with Gasteiger partial charge in [-0.3, -0.25) is 0 Å². The topological polar surface area (TPSA) is 44.7 Å². The second-order valence-electron chi connectivity index (χ2n) is 8.36. The first-order chi connectivity index (χ1) is 16.2. The van der Waals surface area contributed by atoms with E-state index >= 15 is 0 Å². The number of hydrazone groups is 1. The Hall–Kier alpha value is -2.40. The summed E-state index contributed by atoms with van der Waals surface area (Å²) in [5.41, 5.74) is -1.57. The van der Waals surface area contributed by atoms with E-state index in [9.17, 15) is 31.1 Å². The SMILES string of the molecule is CSCCCC1(C)CN(C(=O)Nc2ccc(C(F)(F)F)cc2)N=C1c1ccc(C(F)(F)F)c(Cl)c1. The number of carbonyl (C=O) groups excluding carboxylic acids is 1. The van der Waals surface area contributed by atoms with Gasteiger partial charge in [-0.1, -0.05) is 24.6 Å². The van der Waals surface area contributed by atoms with E-state index in [4.69, 9.17) is 11.6 Å². The van der Waals surface area contributed by atoms with Crippen LogP contribution in [0.5, 0.6) is 0 Å². The van der Waals surface area contributed by atoms with Crippen LogP contribution in [0, 0.1) is 5.41 Å². The Morgan fingerprint density at radius 2 is 1.77 bits per heavy atom. The summed E-state index contributed by atoms with van der Waals surface area (Å²) in [4.78, 5) is 12.9. The molecule has 3 rings (SSSR count). The zero-order valence-electron chi connectivity index (χ0n) is 18.7. The van der Waals surface area contributed by atoms with Gasteiger partial charge in [0.2, 0.25) is 0 Å². The summed E-state index contributed by atoms with van der Waals surface area (Å²) in [7, 11) is 0. The number of hydrogen-bond acceptors (Lipinski definition) is 3. The lowest BCUT2D eigenvalue weighted by Gasteiger charge is -2.26. The average Bonchev–Trinajstić information content (AvgIpc) is 3.10. The molecule has 0 aromatic heterocycles. The zero-order chi connectivity index (χ0) is 26.0. The van der Waals surface area contributed by atoms with E-state index in [1.807, 2.05) is 13.2 Å². The van der Waals surface area contributed by atoms with Crippen molar-refractivity contribution in [2.45, 2.75) is 32.1 Å². The second-order valence-corrected chi connectivity index (χ2v) is 9.75. The van der Waals surface area contributed by atoms with E-state index in [2.05, 4.69) is 10.4 Å². The number of benzene rings is 2. The van der Waals surface area contributed by atoms with E-state index in [1.165, 1.54) is 12.1 Å². The minimum atomic E-state index is -4.61. The molecule has 2 aromatic carbocycles. The Morgan fingerprint density at radius 1 is 1.11 bits per heavy atom. The standard InChI is InChI=1S/C23H22ClF6N3OS/c1-21(10-3-11-35-2)13-33(20(34)31-16-7-5-15(6-8-16)22(25,26)27)32-19(21)14-4-9-17(18(24)12-14)23(28,29)30/h4-9,12H,3,10-11,13H2,1-2H3,(H,31,34). The van der Waals surface area contributed by atoms with Gasteiger partial charge in [0.15, 0.2) is 0 Å². The van der Waals surface area contributed by atoms with Crippen LogP contribution in [0.25, 0.3) is 0 Å². The molecule has 0 fully saturated rings. The van der Waals surface area contributed by atoms with E-state index in [0.717, 1.165) is 47.5 Å². The maximum absolute atomic E-state index is 13.1. The van der Waals surface area contributed by atoms with E-state index < -0.39 is 39.9 Å². The Bertz CT molecular complexity index is 1100. The summed E-state index contributed by atoms with van der Waals surface area (Å²) in [5, 5.41) is 7.56. The lowest BCUT2D eigenvalue weighted by molar-refractivity contribution is -0.138. The first kappa shape index (κ1) is 27.2. The van der Waals surface area contributed by atoms with Gasteiger partial charge in [-0.2, -0.15) is 43.2 Å². The molecule has 0 spiro atoms. The van der Waals surface area contributed by atoms with Crippen LogP contribution in [-0.2, 0) is 12.4 Å². The molecule has 1 heterocycles. The number of anilines is 1. The average molecular weight is 538 g/mol. The molecule has 12 heteroatoms. The minimum Gasteiger partial charge on any atom is -0.306 e. The van der Waals surface area contributed by atoms with Gasteiger partial charge < -0.3 is 5.32 Å². The highest BCUT2D eigenvalue weighted by molar-refractivity contribution is 7.98. The first-order valence-electron chi connectivity index (χ1n) is 10.5. The molecule has 1 aliphatic rings. The minimum absolute atomic E-state index is 0.141. The predicted octanol–water partition coefficient (Wildman–Crippen LogP) is 7.78. The van der Waals surface area contributed by atoms with E-state index in [-0.39, 0.29) is 12.2 Å². The second kappa shape index (κ2) is 10.3. The number of thioether (sulfide) groups is 1. The Kier molecular flexibility index (Phi) is 8.00. The summed E-state index contributed by atoms with van der Waals surface area (Å²) in [6.45, 7) is 2.00. The summed E-state index contributed by atoms with van der Waals surface area (Å²) in [6, 6.07) is 6.64. The highest BCUT2D eigenvalue weighted by Crippen LogP contribution is 2.40. The quantitative estimate of drug-likeness (QED) is 0.302. The number of carbonyl (C=O) groups is 1. The van der Waals surface area contributed by atoms with Crippen molar-refractivity contribution in [3.05, 3.63) is 64.2 Å². The van der Waals surface area contributed by atoms with Crippen LogP contribution in [0.2, 0.25) is 5.02 Å².